The minimum absolute atomic E-state index is 0.140. The summed E-state index contributed by atoms with van der Waals surface area (Å²) in [4.78, 5) is 12.5. The predicted octanol–water partition coefficient (Wildman–Crippen LogP) is 4.47. The number of fused-ring (bicyclic) bond motifs is 1. The highest BCUT2D eigenvalue weighted by Crippen LogP contribution is 2.42. The molecule has 0 aromatic heterocycles. The Morgan fingerprint density at radius 2 is 1.90 bits per heavy atom. The molecule has 3 nitrogen and oxygen atoms in total. The zero-order chi connectivity index (χ0) is 14.8. The molecule has 1 aromatic carbocycles. The highest BCUT2D eigenvalue weighted by molar-refractivity contribution is 6.33. The molecule has 2 fully saturated rings. The first-order valence-electron chi connectivity index (χ1n) is 7.99. The van der Waals surface area contributed by atoms with Crippen LogP contribution in [0.1, 0.15) is 44.9 Å². The van der Waals surface area contributed by atoms with Gasteiger partial charge in [-0.25, -0.2) is 0 Å². The van der Waals surface area contributed by atoms with E-state index in [-0.39, 0.29) is 11.8 Å². The summed E-state index contributed by atoms with van der Waals surface area (Å²) in [5.74, 6) is 1.93. The van der Waals surface area contributed by atoms with Crippen LogP contribution in [0.25, 0.3) is 0 Å². The lowest BCUT2D eigenvalue weighted by Crippen LogP contribution is -2.33. The van der Waals surface area contributed by atoms with Gasteiger partial charge in [0.15, 0.2) is 0 Å². The number of amides is 1. The number of carbonyl (C=O) groups excluding carboxylic acids is 1. The van der Waals surface area contributed by atoms with Crippen LogP contribution in [-0.2, 0) is 4.79 Å². The molecule has 3 unspecified atom stereocenters. The van der Waals surface area contributed by atoms with Crippen molar-refractivity contribution in [2.45, 2.75) is 44.9 Å². The molecule has 114 valence electrons. The highest BCUT2D eigenvalue weighted by atomic mass is 35.5. The second-order valence-corrected chi connectivity index (χ2v) is 6.95. The average Bonchev–Trinajstić information content (AvgIpc) is 2.50. The molecule has 1 aromatic rings. The number of nitrogen functional groups attached to an aromatic ring is 1. The molecule has 1 amide bonds. The number of carbonyl (C=O) groups is 1. The van der Waals surface area contributed by atoms with Crippen molar-refractivity contribution in [1.29, 1.82) is 0 Å². The second kappa shape index (κ2) is 6.27. The molecule has 0 saturated heterocycles. The molecule has 0 spiro atoms. The highest BCUT2D eigenvalue weighted by Gasteiger charge is 2.34. The van der Waals surface area contributed by atoms with Crippen LogP contribution < -0.4 is 11.1 Å². The molecule has 0 bridgehead atoms. The molecular weight excluding hydrogens is 284 g/mol. The zero-order valence-corrected chi connectivity index (χ0v) is 13.0. The SMILES string of the molecule is Nc1cc(NC(=O)C2CCC3CCCCC3C2)ccc1Cl. The molecule has 2 aliphatic carbocycles. The fourth-order valence-corrected chi connectivity index (χ4v) is 4.09. The van der Waals surface area contributed by atoms with Crippen molar-refractivity contribution in [2.75, 3.05) is 11.1 Å². The van der Waals surface area contributed by atoms with E-state index in [0.717, 1.165) is 30.4 Å². The predicted molar refractivity (Wildman–Crippen MR) is 87.3 cm³/mol. The molecule has 2 aliphatic rings. The van der Waals surface area contributed by atoms with Crippen LogP contribution in [0.2, 0.25) is 5.02 Å². The van der Waals surface area contributed by atoms with Crippen LogP contribution >= 0.6 is 11.6 Å². The van der Waals surface area contributed by atoms with E-state index in [1.165, 1.54) is 32.1 Å². The lowest BCUT2D eigenvalue weighted by Gasteiger charge is -2.38. The Hall–Kier alpha value is -1.22. The van der Waals surface area contributed by atoms with Crippen molar-refractivity contribution in [3.05, 3.63) is 23.2 Å². The molecule has 21 heavy (non-hydrogen) atoms. The van der Waals surface area contributed by atoms with Crippen LogP contribution in [0.3, 0.4) is 0 Å². The summed E-state index contributed by atoms with van der Waals surface area (Å²) in [7, 11) is 0. The Morgan fingerprint density at radius 3 is 2.67 bits per heavy atom. The average molecular weight is 307 g/mol. The molecule has 0 heterocycles. The zero-order valence-electron chi connectivity index (χ0n) is 12.3. The lowest BCUT2D eigenvalue weighted by molar-refractivity contribution is -0.122. The summed E-state index contributed by atoms with van der Waals surface area (Å²) >= 11 is 5.90. The fourth-order valence-electron chi connectivity index (χ4n) is 3.98. The van der Waals surface area contributed by atoms with Crippen LogP contribution in [0, 0.1) is 17.8 Å². The molecular formula is C17H23ClN2O. The van der Waals surface area contributed by atoms with Crippen molar-refractivity contribution in [3.8, 4) is 0 Å². The van der Waals surface area contributed by atoms with Crippen LogP contribution in [0.15, 0.2) is 18.2 Å². The first kappa shape index (κ1) is 14.7. The number of hydrogen-bond donors (Lipinski definition) is 2. The number of anilines is 2. The lowest BCUT2D eigenvalue weighted by atomic mass is 9.67. The van der Waals surface area contributed by atoms with Gasteiger partial charge in [0.05, 0.1) is 10.7 Å². The van der Waals surface area contributed by atoms with Crippen molar-refractivity contribution in [2.24, 2.45) is 17.8 Å². The van der Waals surface area contributed by atoms with Crippen molar-refractivity contribution in [3.63, 3.8) is 0 Å². The van der Waals surface area contributed by atoms with Crippen molar-refractivity contribution >= 4 is 28.9 Å². The van der Waals surface area contributed by atoms with Gasteiger partial charge in [0, 0.05) is 11.6 Å². The number of hydrogen-bond acceptors (Lipinski definition) is 2. The van der Waals surface area contributed by atoms with E-state index in [0.29, 0.717) is 10.7 Å². The number of rotatable bonds is 2. The van der Waals surface area contributed by atoms with E-state index >= 15 is 0 Å². The van der Waals surface area contributed by atoms with Gasteiger partial charge in [-0.1, -0.05) is 37.3 Å². The third-order valence-corrected chi connectivity index (χ3v) is 5.52. The molecule has 3 atom stereocenters. The van der Waals surface area contributed by atoms with Gasteiger partial charge in [-0.15, -0.1) is 0 Å². The second-order valence-electron chi connectivity index (χ2n) is 6.54. The molecule has 0 aliphatic heterocycles. The quantitative estimate of drug-likeness (QED) is 0.792. The maximum atomic E-state index is 12.5. The smallest absolute Gasteiger partial charge is 0.227 e. The topological polar surface area (TPSA) is 55.1 Å². The van der Waals surface area contributed by atoms with Gasteiger partial charge in [0.2, 0.25) is 5.91 Å². The molecule has 2 saturated carbocycles. The summed E-state index contributed by atoms with van der Waals surface area (Å²) in [5.41, 5.74) is 7.03. The van der Waals surface area contributed by atoms with E-state index in [4.69, 9.17) is 17.3 Å². The Bertz CT molecular complexity index is 532. The van der Waals surface area contributed by atoms with Crippen LogP contribution in [0.4, 0.5) is 11.4 Å². The Morgan fingerprint density at radius 1 is 1.14 bits per heavy atom. The van der Waals surface area contributed by atoms with E-state index < -0.39 is 0 Å². The monoisotopic (exact) mass is 306 g/mol. The number of benzene rings is 1. The van der Waals surface area contributed by atoms with E-state index in [9.17, 15) is 4.79 Å². The minimum atomic E-state index is 0.140. The van der Waals surface area contributed by atoms with Gasteiger partial charge >= 0.3 is 0 Å². The Kier molecular flexibility index (Phi) is 4.39. The van der Waals surface area contributed by atoms with Crippen LogP contribution in [-0.4, -0.2) is 5.91 Å². The van der Waals surface area contributed by atoms with Gasteiger partial charge < -0.3 is 11.1 Å². The van der Waals surface area contributed by atoms with Crippen LogP contribution in [0.5, 0.6) is 0 Å². The number of nitrogens with two attached hydrogens (primary N) is 1. The molecule has 0 radical (unpaired) electrons. The third kappa shape index (κ3) is 3.34. The summed E-state index contributed by atoms with van der Waals surface area (Å²) in [5, 5.41) is 3.52. The third-order valence-electron chi connectivity index (χ3n) is 5.17. The minimum Gasteiger partial charge on any atom is -0.397 e. The maximum absolute atomic E-state index is 12.5. The van der Waals surface area contributed by atoms with Crippen molar-refractivity contribution in [1.82, 2.24) is 0 Å². The van der Waals surface area contributed by atoms with E-state index in [1.807, 2.05) is 6.07 Å². The van der Waals surface area contributed by atoms with Gasteiger partial charge in [0.1, 0.15) is 0 Å². The normalized spacial score (nSPS) is 28.7. The van der Waals surface area contributed by atoms with Gasteiger partial charge in [0.25, 0.3) is 0 Å². The molecule has 4 heteroatoms. The van der Waals surface area contributed by atoms with Gasteiger partial charge in [-0.3, -0.25) is 4.79 Å². The summed E-state index contributed by atoms with van der Waals surface area (Å²) in [6.07, 6.45) is 8.68. The Labute approximate surface area is 131 Å². The van der Waals surface area contributed by atoms with E-state index in [1.54, 1.807) is 12.1 Å². The largest absolute Gasteiger partial charge is 0.397 e. The fraction of sp³-hybridized carbons (Fsp3) is 0.588. The van der Waals surface area contributed by atoms with Gasteiger partial charge in [-0.05, 0) is 49.3 Å². The van der Waals surface area contributed by atoms with Gasteiger partial charge in [-0.2, -0.15) is 0 Å². The molecule has 3 N–H and O–H groups in total. The first-order chi connectivity index (χ1) is 10.1. The molecule has 3 rings (SSSR count). The maximum Gasteiger partial charge on any atom is 0.227 e. The number of halogens is 1. The first-order valence-corrected chi connectivity index (χ1v) is 8.37. The van der Waals surface area contributed by atoms with Crippen molar-refractivity contribution < 1.29 is 4.79 Å². The summed E-state index contributed by atoms with van der Waals surface area (Å²) in [6, 6.07) is 5.26. The summed E-state index contributed by atoms with van der Waals surface area (Å²) in [6.45, 7) is 0. The summed E-state index contributed by atoms with van der Waals surface area (Å²) < 4.78 is 0. The Balaban J connectivity index is 1.61. The number of nitrogens with one attached hydrogen (secondary N) is 1. The standard InChI is InChI=1S/C17H23ClN2O/c18-15-8-7-14(10-16(15)19)20-17(21)13-6-5-11-3-1-2-4-12(11)9-13/h7-8,10-13H,1-6,9,19H2,(H,20,21). The van der Waals surface area contributed by atoms with E-state index in [2.05, 4.69) is 5.32 Å².